The summed E-state index contributed by atoms with van der Waals surface area (Å²) in [4.78, 5) is 0. The van der Waals surface area contributed by atoms with Gasteiger partial charge in [-0.1, -0.05) is 18.2 Å². The molecule has 0 amide bonds. The molecular formula is C10H11F. The van der Waals surface area contributed by atoms with Gasteiger partial charge in [0.1, 0.15) is 5.82 Å². The summed E-state index contributed by atoms with van der Waals surface area (Å²) < 4.78 is 12.6. The van der Waals surface area contributed by atoms with Crippen LogP contribution in [-0.2, 0) is 0 Å². The van der Waals surface area contributed by atoms with Gasteiger partial charge in [0, 0.05) is 0 Å². The molecule has 11 heavy (non-hydrogen) atoms. The third-order valence-electron chi connectivity index (χ3n) is 1.71. The van der Waals surface area contributed by atoms with Gasteiger partial charge in [0.2, 0.25) is 0 Å². The van der Waals surface area contributed by atoms with Gasteiger partial charge in [-0.3, -0.25) is 0 Å². The molecule has 0 radical (unpaired) electrons. The van der Waals surface area contributed by atoms with Crippen LogP contribution in [-0.4, -0.2) is 0 Å². The van der Waals surface area contributed by atoms with Crippen LogP contribution in [0.2, 0.25) is 0 Å². The lowest BCUT2D eigenvalue weighted by Crippen LogP contribution is -1.80. The molecule has 0 aliphatic heterocycles. The summed E-state index contributed by atoms with van der Waals surface area (Å²) in [5.41, 5.74) is 2.05. The Labute approximate surface area is 66.4 Å². The average Bonchev–Trinajstić information content (AvgIpc) is 2.03. The van der Waals surface area contributed by atoms with Crippen LogP contribution < -0.4 is 0 Å². The second kappa shape index (κ2) is 3.33. The van der Waals surface area contributed by atoms with E-state index in [1.807, 2.05) is 26.0 Å². The highest BCUT2D eigenvalue weighted by molar-refractivity contribution is 5.63. The summed E-state index contributed by atoms with van der Waals surface area (Å²) in [5.74, 6) is -0.177. The lowest BCUT2D eigenvalue weighted by Gasteiger charge is -1.98. The van der Waals surface area contributed by atoms with Crippen LogP contribution in [0.4, 0.5) is 4.39 Å². The van der Waals surface area contributed by atoms with Crippen molar-refractivity contribution >= 4 is 5.57 Å². The summed E-state index contributed by atoms with van der Waals surface area (Å²) in [6, 6.07) is 6.61. The minimum Gasteiger partial charge on any atom is -0.207 e. The Bertz CT molecular complexity index is 274. The minimum absolute atomic E-state index is 0.177. The van der Waals surface area contributed by atoms with Crippen LogP contribution in [0.15, 0.2) is 30.3 Å². The first-order chi connectivity index (χ1) is 5.24. The largest absolute Gasteiger partial charge is 0.207 e. The fourth-order valence-electron chi connectivity index (χ4n) is 0.900. The molecule has 0 aromatic heterocycles. The SMILES string of the molecule is C/C=C(\C)c1cccc(F)c1. The van der Waals surface area contributed by atoms with E-state index in [2.05, 4.69) is 0 Å². The van der Waals surface area contributed by atoms with E-state index in [-0.39, 0.29) is 5.82 Å². The first-order valence-electron chi connectivity index (χ1n) is 3.63. The number of allylic oxidation sites excluding steroid dienone is 2. The number of hydrogen-bond acceptors (Lipinski definition) is 0. The molecule has 1 aromatic rings. The predicted molar refractivity (Wildman–Crippen MR) is 45.7 cm³/mol. The topological polar surface area (TPSA) is 0 Å². The molecule has 0 unspecified atom stereocenters. The molecule has 1 aromatic carbocycles. The van der Waals surface area contributed by atoms with Gasteiger partial charge in [0.25, 0.3) is 0 Å². The maximum absolute atomic E-state index is 12.6. The molecule has 0 aliphatic carbocycles. The molecule has 0 nitrogen and oxygen atoms in total. The third-order valence-corrected chi connectivity index (χ3v) is 1.71. The number of benzene rings is 1. The second-order valence-corrected chi connectivity index (χ2v) is 2.48. The second-order valence-electron chi connectivity index (χ2n) is 2.48. The van der Waals surface area contributed by atoms with E-state index in [9.17, 15) is 4.39 Å². The summed E-state index contributed by atoms with van der Waals surface area (Å²) in [6.45, 7) is 3.91. The molecule has 1 heteroatoms. The molecule has 58 valence electrons. The molecule has 0 spiro atoms. The van der Waals surface area contributed by atoms with Crippen molar-refractivity contribution in [1.82, 2.24) is 0 Å². The normalized spacial score (nSPS) is 11.7. The number of hydrogen-bond donors (Lipinski definition) is 0. The Morgan fingerprint density at radius 3 is 2.73 bits per heavy atom. The highest BCUT2D eigenvalue weighted by atomic mass is 19.1. The molecule has 0 heterocycles. The van der Waals surface area contributed by atoms with Gasteiger partial charge in [-0.05, 0) is 37.1 Å². The summed E-state index contributed by atoms with van der Waals surface area (Å²) in [6.07, 6.45) is 1.97. The van der Waals surface area contributed by atoms with Crippen LogP contribution in [0.3, 0.4) is 0 Å². The first kappa shape index (κ1) is 7.99. The van der Waals surface area contributed by atoms with E-state index in [4.69, 9.17) is 0 Å². The van der Waals surface area contributed by atoms with Gasteiger partial charge < -0.3 is 0 Å². The lowest BCUT2D eigenvalue weighted by atomic mass is 10.1. The Morgan fingerprint density at radius 2 is 2.18 bits per heavy atom. The van der Waals surface area contributed by atoms with Gasteiger partial charge >= 0.3 is 0 Å². The smallest absolute Gasteiger partial charge is 0.123 e. The van der Waals surface area contributed by atoms with Gasteiger partial charge in [0.15, 0.2) is 0 Å². The van der Waals surface area contributed by atoms with E-state index >= 15 is 0 Å². The maximum atomic E-state index is 12.6. The zero-order chi connectivity index (χ0) is 8.27. The van der Waals surface area contributed by atoms with Gasteiger partial charge in [0.05, 0.1) is 0 Å². The summed E-state index contributed by atoms with van der Waals surface area (Å²) >= 11 is 0. The average molecular weight is 150 g/mol. The van der Waals surface area contributed by atoms with Crippen LogP contribution in [0, 0.1) is 5.82 Å². The molecule has 0 fully saturated rings. The van der Waals surface area contributed by atoms with E-state index in [0.29, 0.717) is 0 Å². The van der Waals surface area contributed by atoms with E-state index in [0.717, 1.165) is 11.1 Å². The van der Waals surface area contributed by atoms with Crippen molar-refractivity contribution in [1.29, 1.82) is 0 Å². The lowest BCUT2D eigenvalue weighted by molar-refractivity contribution is 0.627. The maximum Gasteiger partial charge on any atom is 0.123 e. The predicted octanol–water partition coefficient (Wildman–Crippen LogP) is 3.25. The first-order valence-corrected chi connectivity index (χ1v) is 3.63. The monoisotopic (exact) mass is 150 g/mol. The van der Waals surface area contributed by atoms with E-state index in [1.165, 1.54) is 12.1 Å². The highest BCUT2D eigenvalue weighted by Gasteiger charge is 1.94. The highest BCUT2D eigenvalue weighted by Crippen LogP contribution is 2.13. The van der Waals surface area contributed by atoms with Crippen molar-refractivity contribution in [3.8, 4) is 0 Å². The number of rotatable bonds is 1. The van der Waals surface area contributed by atoms with E-state index in [1.54, 1.807) is 6.07 Å². The fraction of sp³-hybridized carbons (Fsp3) is 0.200. The molecule has 0 aliphatic rings. The van der Waals surface area contributed by atoms with Crippen molar-refractivity contribution in [3.63, 3.8) is 0 Å². The third kappa shape index (κ3) is 1.90. The molecular weight excluding hydrogens is 139 g/mol. The summed E-state index contributed by atoms with van der Waals surface area (Å²) in [7, 11) is 0. The molecule has 0 saturated heterocycles. The van der Waals surface area contributed by atoms with Crippen molar-refractivity contribution in [3.05, 3.63) is 41.7 Å². The molecule has 0 N–H and O–H groups in total. The zero-order valence-electron chi connectivity index (χ0n) is 6.76. The molecule has 0 saturated carbocycles. The van der Waals surface area contributed by atoms with Gasteiger partial charge in [-0.2, -0.15) is 0 Å². The fourth-order valence-corrected chi connectivity index (χ4v) is 0.900. The molecule has 1 rings (SSSR count). The standard InChI is InChI=1S/C10H11F/c1-3-8(2)9-5-4-6-10(11)7-9/h3-7H,1-2H3/b8-3+. The number of halogens is 1. The van der Waals surface area contributed by atoms with Crippen molar-refractivity contribution in [2.45, 2.75) is 13.8 Å². The Balaban J connectivity index is 3.06. The summed E-state index contributed by atoms with van der Waals surface area (Å²) in [5, 5.41) is 0. The van der Waals surface area contributed by atoms with Gasteiger partial charge in [-0.25, -0.2) is 4.39 Å². The Morgan fingerprint density at radius 1 is 1.45 bits per heavy atom. The Hall–Kier alpha value is -1.11. The quantitative estimate of drug-likeness (QED) is 0.576. The van der Waals surface area contributed by atoms with Crippen molar-refractivity contribution in [2.24, 2.45) is 0 Å². The van der Waals surface area contributed by atoms with Crippen LogP contribution in [0.25, 0.3) is 5.57 Å². The van der Waals surface area contributed by atoms with Crippen molar-refractivity contribution < 1.29 is 4.39 Å². The van der Waals surface area contributed by atoms with Crippen LogP contribution >= 0.6 is 0 Å². The van der Waals surface area contributed by atoms with Crippen LogP contribution in [0.1, 0.15) is 19.4 Å². The van der Waals surface area contributed by atoms with Crippen molar-refractivity contribution in [2.75, 3.05) is 0 Å². The molecule has 0 bridgehead atoms. The minimum atomic E-state index is -0.177. The van der Waals surface area contributed by atoms with Gasteiger partial charge in [-0.15, -0.1) is 0 Å². The van der Waals surface area contributed by atoms with Crippen LogP contribution in [0.5, 0.6) is 0 Å². The zero-order valence-corrected chi connectivity index (χ0v) is 6.76. The Kier molecular flexibility index (Phi) is 2.42. The van der Waals surface area contributed by atoms with E-state index < -0.39 is 0 Å². The molecule has 0 atom stereocenters.